The van der Waals surface area contributed by atoms with Crippen LogP contribution in [0.3, 0.4) is 0 Å². The summed E-state index contributed by atoms with van der Waals surface area (Å²) in [6.07, 6.45) is 0.690. The van der Waals surface area contributed by atoms with Crippen LogP contribution in [0, 0.1) is 0 Å². The lowest BCUT2D eigenvalue weighted by molar-refractivity contribution is 0.00604. The van der Waals surface area contributed by atoms with Crippen LogP contribution < -0.4 is 0 Å². The van der Waals surface area contributed by atoms with Crippen molar-refractivity contribution in [3.8, 4) is 11.5 Å². The number of halogens is 3. The second kappa shape index (κ2) is 3.84. The van der Waals surface area contributed by atoms with Gasteiger partial charge in [0.25, 0.3) is 0 Å². The number of rotatable bonds is 2. The Hall–Kier alpha value is -1.65. The number of alkyl halides is 2. The largest absolute Gasteiger partial charge is 0.504 e. The van der Waals surface area contributed by atoms with Gasteiger partial charge in [-0.05, 0) is 6.07 Å². The standard InChI is InChI=1S/C8H4ClF2NO3/c9-5-2-7(15)6(14)1-4(5)8(10,11)12-3-13/h1-2,14-15H. The molecular formula is C8H4ClF2NO3. The zero-order valence-corrected chi connectivity index (χ0v) is 7.79. The molecule has 0 fully saturated rings. The minimum absolute atomic E-state index is 0.519. The maximum atomic E-state index is 13.0. The molecule has 7 heteroatoms. The summed E-state index contributed by atoms with van der Waals surface area (Å²) in [4.78, 5) is 12.0. The Morgan fingerprint density at radius 2 is 1.87 bits per heavy atom. The number of nitrogens with zero attached hydrogens (tertiary/aromatic N) is 1. The summed E-state index contributed by atoms with van der Waals surface area (Å²) in [5.41, 5.74) is -0.886. The monoisotopic (exact) mass is 235 g/mol. The van der Waals surface area contributed by atoms with Gasteiger partial charge in [-0.2, -0.15) is 8.78 Å². The predicted octanol–water partition coefficient (Wildman–Crippen LogP) is 2.14. The molecule has 0 aliphatic rings. The summed E-state index contributed by atoms with van der Waals surface area (Å²) in [6, 6.07) is -2.64. The Morgan fingerprint density at radius 3 is 2.40 bits per heavy atom. The van der Waals surface area contributed by atoms with Gasteiger partial charge in [0.15, 0.2) is 11.5 Å². The quantitative estimate of drug-likeness (QED) is 0.357. The molecule has 0 spiro atoms. The molecule has 0 radical (unpaired) electrons. The molecule has 0 aliphatic heterocycles. The molecule has 1 rings (SSSR count). The maximum absolute atomic E-state index is 13.0. The van der Waals surface area contributed by atoms with Gasteiger partial charge in [-0.15, -0.1) is 4.99 Å². The molecule has 1 aromatic rings. The number of hydrogen-bond acceptors (Lipinski definition) is 4. The second-order valence-electron chi connectivity index (χ2n) is 2.57. The first-order chi connectivity index (χ1) is 6.88. The SMILES string of the molecule is O=C=NC(F)(F)c1cc(O)c(O)cc1Cl. The highest BCUT2D eigenvalue weighted by atomic mass is 35.5. The summed E-state index contributed by atoms with van der Waals surface area (Å²) < 4.78 is 26.0. The fourth-order valence-corrected chi connectivity index (χ4v) is 1.17. The molecule has 0 aliphatic carbocycles. The lowest BCUT2D eigenvalue weighted by atomic mass is 10.1. The van der Waals surface area contributed by atoms with E-state index in [4.69, 9.17) is 21.8 Å². The first-order valence-electron chi connectivity index (χ1n) is 3.57. The summed E-state index contributed by atoms with van der Waals surface area (Å²) in [7, 11) is 0. The van der Waals surface area contributed by atoms with Crippen molar-refractivity contribution in [1.29, 1.82) is 0 Å². The number of phenols is 2. The molecule has 2 N–H and O–H groups in total. The van der Waals surface area contributed by atoms with E-state index in [0.717, 1.165) is 6.07 Å². The van der Waals surface area contributed by atoms with E-state index in [2.05, 4.69) is 4.99 Å². The first kappa shape index (κ1) is 11.4. The first-order valence-corrected chi connectivity index (χ1v) is 3.95. The van der Waals surface area contributed by atoms with Gasteiger partial charge in [0.2, 0.25) is 6.08 Å². The molecule has 1 aromatic carbocycles. The summed E-state index contributed by atoms with van der Waals surface area (Å²) >= 11 is 5.38. The van der Waals surface area contributed by atoms with Crippen LogP contribution in [-0.4, -0.2) is 16.3 Å². The van der Waals surface area contributed by atoms with Crippen LogP contribution in [0.2, 0.25) is 5.02 Å². The number of benzene rings is 1. The van der Waals surface area contributed by atoms with E-state index in [1.54, 1.807) is 0 Å². The fraction of sp³-hybridized carbons (Fsp3) is 0.125. The minimum atomic E-state index is -3.88. The maximum Gasteiger partial charge on any atom is 0.380 e. The van der Waals surface area contributed by atoms with Crippen LogP contribution in [-0.2, 0) is 10.8 Å². The number of aromatic hydroxyl groups is 2. The summed E-state index contributed by atoms with van der Waals surface area (Å²) in [6.45, 7) is 0. The molecule has 0 amide bonds. The minimum Gasteiger partial charge on any atom is -0.504 e. The number of isocyanates is 1. The molecule has 0 aromatic heterocycles. The van der Waals surface area contributed by atoms with E-state index in [9.17, 15) is 13.6 Å². The lowest BCUT2D eigenvalue weighted by Crippen LogP contribution is -2.10. The highest BCUT2D eigenvalue weighted by Gasteiger charge is 2.34. The van der Waals surface area contributed by atoms with Crippen molar-refractivity contribution in [3.63, 3.8) is 0 Å². The van der Waals surface area contributed by atoms with Crippen molar-refractivity contribution in [2.24, 2.45) is 4.99 Å². The van der Waals surface area contributed by atoms with Gasteiger partial charge in [-0.1, -0.05) is 11.6 Å². The Balaban J connectivity index is 3.38. The third-order valence-electron chi connectivity index (χ3n) is 1.57. The van der Waals surface area contributed by atoms with Crippen LogP contribution in [0.25, 0.3) is 0 Å². The van der Waals surface area contributed by atoms with Gasteiger partial charge in [0.1, 0.15) is 0 Å². The third kappa shape index (κ3) is 2.23. The van der Waals surface area contributed by atoms with E-state index < -0.39 is 28.1 Å². The van der Waals surface area contributed by atoms with Gasteiger partial charge >= 0.3 is 6.05 Å². The average Bonchev–Trinajstić information content (AvgIpc) is 2.11. The van der Waals surface area contributed by atoms with Gasteiger partial charge < -0.3 is 10.2 Å². The van der Waals surface area contributed by atoms with E-state index >= 15 is 0 Å². The van der Waals surface area contributed by atoms with Crippen LogP contribution in [0.4, 0.5) is 8.78 Å². The lowest BCUT2D eigenvalue weighted by Gasteiger charge is -2.11. The normalized spacial score (nSPS) is 10.9. The molecule has 0 unspecified atom stereocenters. The van der Waals surface area contributed by atoms with Crippen molar-refractivity contribution in [2.75, 3.05) is 0 Å². The summed E-state index contributed by atoms with van der Waals surface area (Å²) in [5, 5.41) is 17.4. The number of aliphatic imine (C=N–C) groups is 1. The molecule has 80 valence electrons. The Bertz CT molecular complexity index is 444. The van der Waals surface area contributed by atoms with Gasteiger partial charge in [0.05, 0.1) is 10.6 Å². The fourth-order valence-electron chi connectivity index (χ4n) is 0.899. The number of phenolic OH excluding ortho intramolecular Hbond substituents is 2. The van der Waals surface area contributed by atoms with Crippen LogP contribution in [0.5, 0.6) is 11.5 Å². The van der Waals surface area contributed by atoms with Crippen LogP contribution >= 0.6 is 11.6 Å². The summed E-state index contributed by atoms with van der Waals surface area (Å²) in [5.74, 6) is -1.43. The zero-order valence-electron chi connectivity index (χ0n) is 7.04. The van der Waals surface area contributed by atoms with Crippen molar-refractivity contribution in [1.82, 2.24) is 0 Å². The predicted molar refractivity (Wildman–Crippen MR) is 46.8 cm³/mol. The second-order valence-corrected chi connectivity index (χ2v) is 2.97. The molecule has 0 saturated heterocycles. The van der Waals surface area contributed by atoms with Crippen LogP contribution in [0.15, 0.2) is 17.1 Å². The van der Waals surface area contributed by atoms with E-state index in [1.807, 2.05) is 0 Å². The van der Waals surface area contributed by atoms with E-state index in [-0.39, 0.29) is 0 Å². The number of hydrogen-bond donors (Lipinski definition) is 2. The van der Waals surface area contributed by atoms with Gasteiger partial charge in [0, 0.05) is 6.07 Å². The zero-order chi connectivity index (χ0) is 11.6. The van der Waals surface area contributed by atoms with Crippen LogP contribution in [0.1, 0.15) is 5.56 Å². The highest BCUT2D eigenvalue weighted by molar-refractivity contribution is 6.31. The van der Waals surface area contributed by atoms with Gasteiger partial charge in [-0.3, -0.25) is 0 Å². The molecule has 0 bridgehead atoms. The number of carbonyl (C=O) groups excluding carboxylic acids is 1. The van der Waals surface area contributed by atoms with Crippen molar-refractivity contribution in [3.05, 3.63) is 22.7 Å². The third-order valence-corrected chi connectivity index (χ3v) is 1.89. The molecule has 0 atom stereocenters. The smallest absolute Gasteiger partial charge is 0.380 e. The molecule has 0 heterocycles. The Morgan fingerprint density at radius 1 is 1.33 bits per heavy atom. The topological polar surface area (TPSA) is 69.9 Å². The van der Waals surface area contributed by atoms with Crippen molar-refractivity contribution < 1.29 is 23.8 Å². The van der Waals surface area contributed by atoms with Crippen molar-refractivity contribution >= 4 is 17.7 Å². The van der Waals surface area contributed by atoms with Crippen molar-refractivity contribution in [2.45, 2.75) is 6.05 Å². The average molecular weight is 236 g/mol. The molecule has 15 heavy (non-hydrogen) atoms. The molecular weight excluding hydrogens is 232 g/mol. The van der Waals surface area contributed by atoms with E-state index in [1.165, 1.54) is 0 Å². The van der Waals surface area contributed by atoms with Gasteiger partial charge in [-0.25, -0.2) is 4.79 Å². The Labute approximate surface area is 87.4 Å². The molecule has 4 nitrogen and oxygen atoms in total. The molecule has 0 saturated carbocycles. The highest BCUT2D eigenvalue weighted by Crippen LogP contribution is 2.40. The van der Waals surface area contributed by atoms with E-state index in [0.29, 0.717) is 12.1 Å². The Kier molecular flexibility index (Phi) is 2.93.